The first kappa shape index (κ1) is 25.7. The summed E-state index contributed by atoms with van der Waals surface area (Å²) in [5, 5.41) is 5.91. The van der Waals surface area contributed by atoms with Crippen LogP contribution in [0, 0.1) is 17.7 Å². The van der Waals surface area contributed by atoms with Gasteiger partial charge in [-0.15, -0.1) is 0 Å². The number of aromatic nitrogens is 1. The maximum Gasteiger partial charge on any atom is 0.266 e. The van der Waals surface area contributed by atoms with Crippen LogP contribution >= 0.6 is 0 Å². The van der Waals surface area contributed by atoms with Gasteiger partial charge in [0, 0.05) is 49.8 Å². The molecule has 1 aromatic heterocycles. The quantitative estimate of drug-likeness (QED) is 0.523. The van der Waals surface area contributed by atoms with Crippen LogP contribution in [0.4, 0.5) is 27.6 Å². The highest BCUT2D eigenvalue weighted by Crippen LogP contribution is 2.50. The number of carbonyl (C=O) groups excluding carboxylic acids is 1. The number of benzene rings is 1. The SMILES string of the molecule is C[C@@H](NC(=O)c1cn(C2(C)CC(F)(F)C2)c(=O)cc1N[C@@H]1[C@@H]2CN(C)C[C@@H]21)c1cccc(C(F)F)c1F. The number of rotatable bonds is 7. The molecule has 11 heteroatoms. The highest BCUT2D eigenvalue weighted by Gasteiger charge is 2.56. The van der Waals surface area contributed by atoms with E-state index in [4.69, 9.17) is 0 Å². The Morgan fingerprint density at radius 3 is 2.35 bits per heavy atom. The van der Waals surface area contributed by atoms with Gasteiger partial charge in [0.1, 0.15) is 5.82 Å². The molecule has 2 saturated carbocycles. The summed E-state index contributed by atoms with van der Waals surface area (Å²) in [4.78, 5) is 28.6. The Labute approximate surface area is 210 Å². The minimum Gasteiger partial charge on any atom is -0.381 e. The Morgan fingerprint density at radius 1 is 1.14 bits per heavy atom. The summed E-state index contributed by atoms with van der Waals surface area (Å²) in [5.74, 6) is -3.93. The monoisotopic (exact) mass is 524 g/mol. The molecule has 1 aliphatic heterocycles. The topological polar surface area (TPSA) is 66.4 Å². The van der Waals surface area contributed by atoms with Crippen molar-refractivity contribution in [1.29, 1.82) is 0 Å². The largest absolute Gasteiger partial charge is 0.381 e. The fraction of sp³-hybridized carbons (Fsp3) is 0.538. The molecule has 0 bridgehead atoms. The third kappa shape index (κ3) is 4.62. The fourth-order valence-electron chi connectivity index (χ4n) is 6.04. The van der Waals surface area contributed by atoms with E-state index in [2.05, 4.69) is 15.5 Å². The van der Waals surface area contributed by atoms with Crippen molar-refractivity contribution in [2.75, 3.05) is 25.5 Å². The van der Waals surface area contributed by atoms with Crippen LogP contribution in [0.1, 0.15) is 60.6 Å². The van der Waals surface area contributed by atoms with Crippen LogP contribution in [0.15, 0.2) is 35.3 Å². The number of nitrogens with one attached hydrogen (secondary N) is 2. The van der Waals surface area contributed by atoms with Crippen molar-refractivity contribution in [1.82, 2.24) is 14.8 Å². The Balaban J connectivity index is 1.45. The summed E-state index contributed by atoms with van der Waals surface area (Å²) in [6.07, 6.45) is -2.80. The minimum absolute atomic E-state index is 0.0478. The van der Waals surface area contributed by atoms with E-state index in [-0.39, 0.29) is 22.9 Å². The second kappa shape index (κ2) is 8.82. The molecule has 2 heterocycles. The molecule has 200 valence electrons. The van der Waals surface area contributed by atoms with Gasteiger partial charge in [-0.05, 0) is 32.7 Å². The van der Waals surface area contributed by atoms with Gasteiger partial charge in [0.05, 0.1) is 28.4 Å². The Bertz CT molecular complexity index is 1280. The van der Waals surface area contributed by atoms with Crippen molar-refractivity contribution < 1.29 is 26.7 Å². The second-order valence-corrected chi connectivity index (χ2v) is 11.0. The molecule has 2 aliphatic carbocycles. The highest BCUT2D eigenvalue weighted by atomic mass is 19.3. The predicted molar refractivity (Wildman–Crippen MR) is 128 cm³/mol. The molecule has 2 N–H and O–H groups in total. The smallest absolute Gasteiger partial charge is 0.266 e. The maximum absolute atomic E-state index is 14.7. The van der Waals surface area contributed by atoms with E-state index < -0.39 is 59.6 Å². The Hall–Kier alpha value is -2.95. The van der Waals surface area contributed by atoms with Gasteiger partial charge in [0.25, 0.3) is 23.8 Å². The average molecular weight is 525 g/mol. The molecule has 1 aromatic carbocycles. The molecular formula is C26H29F5N4O2. The first-order valence-electron chi connectivity index (χ1n) is 12.3. The predicted octanol–water partition coefficient (Wildman–Crippen LogP) is 4.53. The van der Waals surface area contributed by atoms with E-state index in [1.807, 2.05) is 7.05 Å². The van der Waals surface area contributed by atoms with Crippen LogP contribution < -0.4 is 16.2 Å². The van der Waals surface area contributed by atoms with Crippen molar-refractivity contribution in [3.8, 4) is 0 Å². The molecular weight excluding hydrogens is 495 g/mol. The second-order valence-electron chi connectivity index (χ2n) is 11.0. The average Bonchev–Trinajstić information content (AvgIpc) is 3.22. The molecule has 6 nitrogen and oxygen atoms in total. The number of nitrogens with zero attached hydrogens (tertiary/aromatic N) is 2. The Kier molecular flexibility index (Phi) is 6.12. The molecule has 0 spiro atoms. The van der Waals surface area contributed by atoms with Crippen molar-refractivity contribution in [2.45, 2.75) is 56.7 Å². The highest BCUT2D eigenvalue weighted by molar-refractivity contribution is 5.99. The van der Waals surface area contributed by atoms with Gasteiger partial charge in [-0.2, -0.15) is 0 Å². The van der Waals surface area contributed by atoms with Gasteiger partial charge >= 0.3 is 0 Å². The van der Waals surface area contributed by atoms with Gasteiger partial charge in [-0.25, -0.2) is 22.0 Å². The van der Waals surface area contributed by atoms with Crippen LogP contribution in [0.25, 0.3) is 0 Å². The summed E-state index contributed by atoms with van der Waals surface area (Å²) < 4.78 is 69.6. The van der Waals surface area contributed by atoms with Gasteiger partial charge in [0.2, 0.25) is 0 Å². The molecule has 1 amide bonds. The molecule has 1 saturated heterocycles. The number of halogens is 5. The number of pyridine rings is 1. The fourth-order valence-corrected chi connectivity index (χ4v) is 6.04. The van der Waals surface area contributed by atoms with Crippen LogP contribution in [0.3, 0.4) is 0 Å². The van der Waals surface area contributed by atoms with E-state index in [0.29, 0.717) is 11.8 Å². The van der Waals surface area contributed by atoms with E-state index in [1.165, 1.54) is 38.2 Å². The number of hydrogen-bond donors (Lipinski definition) is 2. The molecule has 37 heavy (non-hydrogen) atoms. The maximum atomic E-state index is 14.7. The van der Waals surface area contributed by atoms with Crippen molar-refractivity contribution in [3.63, 3.8) is 0 Å². The number of alkyl halides is 4. The summed E-state index contributed by atoms with van der Waals surface area (Å²) in [7, 11) is 2.02. The van der Waals surface area contributed by atoms with Crippen molar-refractivity contribution in [2.24, 2.45) is 11.8 Å². The normalized spacial score (nSPS) is 26.4. The van der Waals surface area contributed by atoms with Crippen molar-refractivity contribution >= 4 is 11.6 Å². The zero-order chi connectivity index (χ0) is 26.9. The zero-order valence-electron chi connectivity index (χ0n) is 20.7. The lowest BCUT2D eigenvalue weighted by Crippen LogP contribution is -2.54. The first-order chi connectivity index (χ1) is 17.3. The third-order valence-electron chi connectivity index (χ3n) is 7.97. The standard InChI is InChI=1S/C26H29F5N4O2/c1-13(14-5-4-6-15(21(14)27)23(28)29)32-24(37)18-10-35(25(2)11-26(30,31)12-25)20(36)7-19(18)33-22-16-8-34(3)9-17(16)22/h4-7,10,13,16-17,22-23,33H,8-9,11-12H2,1-3H3,(H,32,37)/t13-,16-,17+,22-/m1/s1. The van der Waals surface area contributed by atoms with Crippen LogP contribution in [0.5, 0.6) is 0 Å². The molecule has 2 aromatic rings. The van der Waals surface area contributed by atoms with Gasteiger partial charge < -0.3 is 20.1 Å². The van der Waals surface area contributed by atoms with Crippen LogP contribution in [-0.4, -0.2) is 47.5 Å². The molecule has 3 fully saturated rings. The molecule has 3 aliphatic rings. The number of fused-ring (bicyclic) bond motifs is 1. The van der Waals surface area contributed by atoms with E-state index in [9.17, 15) is 31.5 Å². The molecule has 0 unspecified atom stereocenters. The summed E-state index contributed by atoms with van der Waals surface area (Å²) >= 11 is 0. The van der Waals surface area contributed by atoms with E-state index >= 15 is 0 Å². The summed E-state index contributed by atoms with van der Waals surface area (Å²) in [6.45, 7) is 4.76. The Morgan fingerprint density at radius 2 is 1.76 bits per heavy atom. The number of carbonyl (C=O) groups is 1. The van der Waals surface area contributed by atoms with Gasteiger partial charge in [-0.1, -0.05) is 18.2 Å². The lowest BCUT2D eigenvalue weighted by Gasteiger charge is -2.46. The number of piperidine rings is 1. The van der Waals surface area contributed by atoms with E-state index in [1.54, 1.807) is 0 Å². The molecule has 4 atom stereocenters. The van der Waals surface area contributed by atoms with E-state index in [0.717, 1.165) is 23.7 Å². The zero-order valence-corrected chi connectivity index (χ0v) is 20.7. The van der Waals surface area contributed by atoms with Crippen LogP contribution in [0.2, 0.25) is 0 Å². The van der Waals surface area contributed by atoms with Crippen molar-refractivity contribution in [3.05, 3.63) is 63.3 Å². The molecule has 0 radical (unpaired) electrons. The number of hydrogen-bond acceptors (Lipinski definition) is 4. The molecule has 5 rings (SSSR count). The first-order valence-corrected chi connectivity index (χ1v) is 12.3. The lowest BCUT2D eigenvalue weighted by atomic mass is 9.74. The lowest BCUT2D eigenvalue weighted by molar-refractivity contribution is -0.146. The summed E-state index contributed by atoms with van der Waals surface area (Å²) in [5.41, 5.74) is -2.23. The number of anilines is 1. The number of amides is 1. The minimum atomic E-state index is -3.01. The number of likely N-dealkylation sites (tertiary alicyclic amines) is 1. The van der Waals surface area contributed by atoms with Gasteiger partial charge in [-0.3, -0.25) is 9.59 Å². The van der Waals surface area contributed by atoms with Gasteiger partial charge in [0.15, 0.2) is 0 Å². The third-order valence-corrected chi connectivity index (χ3v) is 7.97. The summed E-state index contributed by atoms with van der Waals surface area (Å²) in [6, 6.07) is 3.92. The van der Waals surface area contributed by atoms with Crippen LogP contribution in [-0.2, 0) is 5.54 Å².